The highest BCUT2D eigenvalue weighted by Gasteiger charge is 2.04. The van der Waals surface area contributed by atoms with Crippen LogP contribution in [0.15, 0.2) is 48.5 Å². The average Bonchev–Trinajstić information content (AvgIpc) is 2.47. The summed E-state index contributed by atoms with van der Waals surface area (Å²) in [5.74, 6) is 0.490. The smallest absolute Gasteiger partial charge is 0.308 e. The minimum atomic E-state index is -0.222. The second-order valence-electron chi connectivity index (χ2n) is 5.41. The van der Waals surface area contributed by atoms with Crippen molar-refractivity contribution >= 4 is 17.4 Å². The number of hydrogen-bond donors (Lipinski definition) is 2. The number of anilines is 2. The summed E-state index contributed by atoms with van der Waals surface area (Å²) in [6, 6.07) is 15.6. The lowest BCUT2D eigenvalue weighted by molar-refractivity contribution is 0.262. The fraction of sp³-hybridized carbons (Fsp3) is 0.278. The van der Waals surface area contributed by atoms with Crippen LogP contribution in [0.2, 0.25) is 0 Å². The van der Waals surface area contributed by atoms with Crippen molar-refractivity contribution < 1.29 is 4.79 Å². The number of amides is 2. The molecule has 0 aliphatic carbocycles. The number of rotatable bonds is 4. The molecule has 0 atom stereocenters. The first-order valence-corrected chi connectivity index (χ1v) is 7.35. The van der Waals surface area contributed by atoms with Gasteiger partial charge in [0.1, 0.15) is 0 Å². The summed E-state index contributed by atoms with van der Waals surface area (Å²) in [4.78, 5) is 12.0. The van der Waals surface area contributed by atoms with Gasteiger partial charge in [-0.3, -0.25) is 0 Å². The molecule has 2 aromatic rings. The lowest BCUT2D eigenvalue weighted by Gasteiger charge is -2.10. The highest BCUT2D eigenvalue weighted by atomic mass is 16.2. The summed E-state index contributed by atoms with van der Waals surface area (Å²) in [6.07, 6.45) is 0.952. The van der Waals surface area contributed by atoms with Crippen LogP contribution in [0.4, 0.5) is 16.2 Å². The SMILES string of the molecule is CCc1cccc(NC(=O)Nc2ccc(C(C)C)cc2)c1. The monoisotopic (exact) mass is 282 g/mol. The molecule has 0 aliphatic heterocycles. The van der Waals surface area contributed by atoms with E-state index < -0.39 is 0 Å². The van der Waals surface area contributed by atoms with Crippen molar-refractivity contribution in [3.05, 3.63) is 59.7 Å². The molecule has 2 amide bonds. The van der Waals surface area contributed by atoms with Crippen LogP contribution < -0.4 is 10.6 Å². The Balaban J connectivity index is 1.97. The van der Waals surface area contributed by atoms with E-state index in [1.807, 2.05) is 48.5 Å². The fourth-order valence-electron chi connectivity index (χ4n) is 2.11. The zero-order chi connectivity index (χ0) is 15.2. The largest absolute Gasteiger partial charge is 0.323 e. The number of nitrogens with one attached hydrogen (secondary N) is 2. The number of benzene rings is 2. The van der Waals surface area contributed by atoms with Crippen molar-refractivity contribution in [2.24, 2.45) is 0 Å². The second kappa shape index (κ2) is 6.93. The first kappa shape index (κ1) is 15.1. The zero-order valence-corrected chi connectivity index (χ0v) is 12.8. The molecule has 0 bridgehead atoms. The Kier molecular flexibility index (Phi) is 4.99. The Morgan fingerprint density at radius 2 is 1.67 bits per heavy atom. The Bertz CT molecular complexity index is 603. The minimum absolute atomic E-state index is 0.222. The quantitative estimate of drug-likeness (QED) is 0.812. The summed E-state index contributed by atoms with van der Waals surface area (Å²) in [5.41, 5.74) is 4.07. The van der Waals surface area contributed by atoms with Gasteiger partial charge < -0.3 is 10.6 Å². The van der Waals surface area contributed by atoms with Crippen LogP contribution in [0.3, 0.4) is 0 Å². The molecule has 0 fully saturated rings. The normalized spacial score (nSPS) is 10.5. The van der Waals surface area contributed by atoms with Gasteiger partial charge in [0.25, 0.3) is 0 Å². The van der Waals surface area contributed by atoms with Gasteiger partial charge in [0.05, 0.1) is 0 Å². The van der Waals surface area contributed by atoms with Gasteiger partial charge in [-0.25, -0.2) is 4.79 Å². The summed E-state index contributed by atoms with van der Waals surface area (Å²) in [6.45, 7) is 6.39. The maximum absolute atomic E-state index is 12.0. The van der Waals surface area contributed by atoms with Crippen molar-refractivity contribution in [3.63, 3.8) is 0 Å². The summed E-state index contributed by atoms with van der Waals surface area (Å²) in [7, 11) is 0. The molecule has 0 spiro atoms. The Hall–Kier alpha value is -2.29. The molecule has 2 aromatic carbocycles. The average molecular weight is 282 g/mol. The Morgan fingerprint density at radius 1 is 1.00 bits per heavy atom. The van der Waals surface area contributed by atoms with E-state index in [9.17, 15) is 4.79 Å². The second-order valence-corrected chi connectivity index (χ2v) is 5.41. The van der Waals surface area contributed by atoms with Crippen LogP contribution in [0.25, 0.3) is 0 Å². The minimum Gasteiger partial charge on any atom is -0.308 e. The van der Waals surface area contributed by atoms with Gasteiger partial charge in [-0.15, -0.1) is 0 Å². The van der Waals surface area contributed by atoms with Gasteiger partial charge in [-0.05, 0) is 47.7 Å². The zero-order valence-electron chi connectivity index (χ0n) is 12.8. The number of hydrogen-bond acceptors (Lipinski definition) is 1. The van der Waals surface area contributed by atoms with E-state index in [2.05, 4.69) is 31.4 Å². The molecule has 21 heavy (non-hydrogen) atoms. The van der Waals surface area contributed by atoms with Crippen LogP contribution in [0.5, 0.6) is 0 Å². The van der Waals surface area contributed by atoms with Gasteiger partial charge in [-0.2, -0.15) is 0 Å². The summed E-state index contributed by atoms with van der Waals surface area (Å²) in [5, 5.41) is 5.70. The predicted molar refractivity (Wildman–Crippen MR) is 89.0 cm³/mol. The van der Waals surface area contributed by atoms with Crippen molar-refractivity contribution in [3.8, 4) is 0 Å². The molecule has 0 saturated carbocycles. The lowest BCUT2D eigenvalue weighted by atomic mass is 10.0. The van der Waals surface area contributed by atoms with Crippen molar-refractivity contribution in [1.29, 1.82) is 0 Å². The third kappa shape index (κ3) is 4.35. The number of carbonyl (C=O) groups is 1. The van der Waals surface area contributed by atoms with Gasteiger partial charge in [0.15, 0.2) is 0 Å². The highest BCUT2D eigenvalue weighted by Crippen LogP contribution is 2.17. The molecular formula is C18H22N2O. The van der Waals surface area contributed by atoms with E-state index in [1.165, 1.54) is 11.1 Å². The van der Waals surface area contributed by atoms with Crippen molar-refractivity contribution in [2.45, 2.75) is 33.1 Å². The molecule has 0 radical (unpaired) electrons. The van der Waals surface area contributed by atoms with Crippen LogP contribution in [0, 0.1) is 0 Å². The molecule has 2 rings (SSSR count). The van der Waals surface area contributed by atoms with Gasteiger partial charge in [0, 0.05) is 11.4 Å². The fourth-order valence-corrected chi connectivity index (χ4v) is 2.11. The van der Waals surface area contributed by atoms with Crippen LogP contribution in [-0.2, 0) is 6.42 Å². The van der Waals surface area contributed by atoms with E-state index in [0.717, 1.165) is 17.8 Å². The Morgan fingerprint density at radius 3 is 2.29 bits per heavy atom. The van der Waals surface area contributed by atoms with E-state index in [1.54, 1.807) is 0 Å². The predicted octanol–water partition coefficient (Wildman–Crippen LogP) is 5.02. The van der Waals surface area contributed by atoms with Gasteiger partial charge in [0.2, 0.25) is 0 Å². The summed E-state index contributed by atoms with van der Waals surface area (Å²) >= 11 is 0. The topological polar surface area (TPSA) is 41.1 Å². The molecule has 110 valence electrons. The first-order chi connectivity index (χ1) is 10.1. The third-order valence-corrected chi connectivity index (χ3v) is 3.43. The Labute approximate surface area is 126 Å². The van der Waals surface area contributed by atoms with Crippen LogP contribution in [-0.4, -0.2) is 6.03 Å². The van der Waals surface area contributed by atoms with E-state index in [-0.39, 0.29) is 6.03 Å². The van der Waals surface area contributed by atoms with Gasteiger partial charge in [-0.1, -0.05) is 45.0 Å². The molecule has 0 aliphatic rings. The van der Waals surface area contributed by atoms with E-state index in [0.29, 0.717) is 5.92 Å². The van der Waals surface area contributed by atoms with E-state index in [4.69, 9.17) is 0 Å². The standard InChI is InChI=1S/C18H22N2O/c1-4-14-6-5-7-17(12-14)20-18(21)19-16-10-8-15(9-11-16)13(2)3/h5-13H,4H2,1-3H3,(H2,19,20,21). The maximum Gasteiger partial charge on any atom is 0.323 e. The molecule has 0 aromatic heterocycles. The first-order valence-electron chi connectivity index (χ1n) is 7.35. The number of aryl methyl sites for hydroxylation is 1. The molecule has 3 heteroatoms. The summed E-state index contributed by atoms with van der Waals surface area (Å²) < 4.78 is 0. The highest BCUT2D eigenvalue weighted by molar-refractivity contribution is 5.99. The van der Waals surface area contributed by atoms with Crippen LogP contribution >= 0.6 is 0 Å². The molecular weight excluding hydrogens is 260 g/mol. The third-order valence-electron chi connectivity index (χ3n) is 3.43. The van der Waals surface area contributed by atoms with Crippen molar-refractivity contribution in [1.82, 2.24) is 0 Å². The molecule has 2 N–H and O–H groups in total. The molecule has 0 saturated heterocycles. The van der Waals surface area contributed by atoms with Gasteiger partial charge >= 0.3 is 6.03 Å². The number of carbonyl (C=O) groups excluding carboxylic acids is 1. The van der Waals surface area contributed by atoms with Crippen LogP contribution in [0.1, 0.15) is 37.8 Å². The number of urea groups is 1. The maximum atomic E-state index is 12.0. The molecule has 0 unspecified atom stereocenters. The lowest BCUT2D eigenvalue weighted by Crippen LogP contribution is -2.19. The molecule has 3 nitrogen and oxygen atoms in total. The molecule has 0 heterocycles. The van der Waals surface area contributed by atoms with E-state index >= 15 is 0 Å². The van der Waals surface area contributed by atoms with Crippen molar-refractivity contribution in [2.75, 3.05) is 10.6 Å².